The number of rotatable bonds is 1. The Labute approximate surface area is 162 Å². The van der Waals surface area contributed by atoms with Crippen molar-refractivity contribution in [3.05, 3.63) is 53.1 Å². The summed E-state index contributed by atoms with van der Waals surface area (Å²) in [7, 11) is 0. The van der Waals surface area contributed by atoms with E-state index < -0.39 is 0 Å². The number of piperidine rings is 1. The summed E-state index contributed by atoms with van der Waals surface area (Å²) < 4.78 is 16.5. The largest absolute Gasteiger partial charge is 0.324 e. The zero-order chi connectivity index (χ0) is 18.8. The molecule has 2 aromatic rings. The molecule has 0 N–H and O–H groups in total. The van der Waals surface area contributed by atoms with Gasteiger partial charge < -0.3 is 9.47 Å². The van der Waals surface area contributed by atoms with Crippen LogP contribution < -0.4 is 0 Å². The molecule has 0 spiro atoms. The first-order chi connectivity index (χ1) is 13.7. The number of aliphatic imine (C=N–C) groups is 1. The maximum Gasteiger partial charge on any atom is 0.200 e. The van der Waals surface area contributed by atoms with Crippen LogP contribution in [0.25, 0.3) is 16.6 Å². The summed E-state index contributed by atoms with van der Waals surface area (Å²) in [5.74, 6) is 0.363. The normalized spacial score (nSPS) is 26.0. The number of fused-ring (bicyclic) bond motifs is 4. The van der Waals surface area contributed by atoms with E-state index in [9.17, 15) is 9.18 Å². The van der Waals surface area contributed by atoms with Gasteiger partial charge in [-0.05, 0) is 61.8 Å². The van der Waals surface area contributed by atoms with Crippen LogP contribution in [0.15, 0.2) is 41.0 Å². The van der Waals surface area contributed by atoms with E-state index in [1.54, 1.807) is 18.5 Å². The summed E-state index contributed by atoms with van der Waals surface area (Å²) >= 11 is 0. The van der Waals surface area contributed by atoms with Crippen LogP contribution >= 0.6 is 0 Å². The molecule has 6 heterocycles. The van der Waals surface area contributed by atoms with Crippen molar-refractivity contribution in [1.82, 2.24) is 14.4 Å². The number of halogens is 1. The number of ketones is 1. The number of hydrogen-bond acceptors (Lipinski definition) is 4. The fourth-order valence-electron chi connectivity index (χ4n) is 5.23. The first-order valence-electron chi connectivity index (χ1n) is 9.95. The number of benzene rings is 1. The van der Waals surface area contributed by atoms with Crippen molar-refractivity contribution in [2.45, 2.75) is 25.3 Å². The molecule has 0 radical (unpaired) electrons. The minimum absolute atomic E-state index is 0.0579. The van der Waals surface area contributed by atoms with Crippen LogP contribution in [0.3, 0.4) is 0 Å². The van der Waals surface area contributed by atoms with E-state index in [2.05, 4.69) is 20.5 Å². The van der Waals surface area contributed by atoms with E-state index >= 15 is 0 Å². The van der Waals surface area contributed by atoms with Crippen LogP contribution in [-0.4, -0.2) is 52.7 Å². The van der Waals surface area contributed by atoms with E-state index in [1.165, 1.54) is 11.3 Å². The van der Waals surface area contributed by atoms with Gasteiger partial charge in [0, 0.05) is 29.2 Å². The molecular weight excluding hydrogens is 355 g/mol. The maximum absolute atomic E-state index is 14.1. The monoisotopic (exact) mass is 376 g/mol. The third-order valence-electron chi connectivity index (χ3n) is 6.53. The highest BCUT2D eigenvalue weighted by atomic mass is 19.1. The highest BCUT2D eigenvalue weighted by Gasteiger charge is 2.34. The molecule has 28 heavy (non-hydrogen) atoms. The Bertz CT molecular complexity index is 1100. The summed E-state index contributed by atoms with van der Waals surface area (Å²) in [5, 5.41) is 1.02. The molecule has 7 rings (SSSR count). The van der Waals surface area contributed by atoms with Crippen molar-refractivity contribution in [3.8, 4) is 0 Å². The molecule has 142 valence electrons. The van der Waals surface area contributed by atoms with E-state index in [-0.39, 0.29) is 18.1 Å². The third kappa shape index (κ3) is 2.27. The second-order valence-electron chi connectivity index (χ2n) is 8.13. The Hall–Kier alpha value is -2.73. The number of allylic oxidation sites excluding steroid dienone is 2. The lowest BCUT2D eigenvalue weighted by atomic mass is 9.93. The van der Waals surface area contributed by atoms with Crippen molar-refractivity contribution in [3.63, 3.8) is 0 Å². The number of aromatic nitrogens is 1. The predicted molar refractivity (Wildman–Crippen MR) is 107 cm³/mol. The molecule has 5 aliphatic rings. The Morgan fingerprint density at radius 3 is 2.82 bits per heavy atom. The molecule has 0 amide bonds. The van der Waals surface area contributed by atoms with E-state index in [4.69, 9.17) is 0 Å². The number of carbonyl (C=O) groups excluding carboxylic acids is 1. The molecule has 2 bridgehead atoms. The maximum atomic E-state index is 14.1. The van der Waals surface area contributed by atoms with Gasteiger partial charge in [-0.25, -0.2) is 4.39 Å². The number of hydrogen-bond donors (Lipinski definition) is 0. The molecule has 1 aromatic carbocycles. The first kappa shape index (κ1) is 16.2. The van der Waals surface area contributed by atoms with Gasteiger partial charge in [-0.1, -0.05) is 0 Å². The van der Waals surface area contributed by atoms with Gasteiger partial charge in [-0.3, -0.25) is 14.7 Å². The second kappa shape index (κ2) is 5.88. The number of carbonyl (C=O) groups is 1. The van der Waals surface area contributed by atoms with E-state index in [1.807, 2.05) is 17.0 Å². The molecule has 0 aliphatic carbocycles. The summed E-state index contributed by atoms with van der Waals surface area (Å²) in [6, 6.07) is 5.14. The smallest absolute Gasteiger partial charge is 0.200 e. The quantitative estimate of drug-likeness (QED) is 0.768. The Kier molecular flexibility index (Phi) is 3.41. The van der Waals surface area contributed by atoms with Gasteiger partial charge in [0.05, 0.1) is 24.1 Å². The fraction of sp³-hybridized carbons (Fsp3) is 0.364. The standard InChI is InChI=1S/C22H21FN4O/c23-15-1-3-19-17(9-15)18-12-25-7-5-14(6-8-25)22(18)27(19)16-2-4-20-21(28)10-24-13-26(20)11-16/h1-4,9,13-14H,5-8,10-12H2. The van der Waals surface area contributed by atoms with Gasteiger partial charge in [0.2, 0.25) is 5.78 Å². The van der Waals surface area contributed by atoms with Crippen LogP contribution in [0.5, 0.6) is 0 Å². The molecule has 0 unspecified atom stereocenters. The van der Waals surface area contributed by atoms with Crippen molar-refractivity contribution >= 4 is 28.7 Å². The van der Waals surface area contributed by atoms with Crippen molar-refractivity contribution in [2.24, 2.45) is 4.99 Å². The van der Waals surface area contributed by atoms with Crippen molar-refractivity contribution < 1.29 is 9.18 Å². The van der Waals surface area contributed by atoms with Gasteiger partial charge in [-0.15, -0.1) is 0 Å². The summed E-state index contributed by atoms with van der Waals surface area (Å²) in [4.78, 5) is 20.8. The number of Topliss-reactive ketones (excluding diaryl/α,β-unsaturated/α-hetero) is 1. The Morgan fingerprint density at radius 1 is 1.11 bits per heavy atom. The molecule has 6 heteroatoms. The summed E-state index contributed by atoms with van der Waals surface area (Å²) in [6.07, 6.45) is 8.02. The Balaban J connectivity index is 1.59. The lowest BCUT2D eigenvalue weighted by Crippen LogP contribution is -2.35. The first-order valence-corrected chi connectivity index (χ1v) is 9.95. The second-order valence-corrected chi connectivity index (χ2v) is 8.13. The molecule has 0 atom stereocenters. The topological polar surface area (TPSA) is 40.8 Å². The molecule has 5 aliphatic heterocycles. The fourth-order valence-corrected chi connectivity index (χ4v) is 5.23. The number of nitrogens with zero attached hydrogens (tertiary/aromatic N) is 4. The van der Waals surface area contributed by atoms with Gasteiger partial charge in [0.15, 0.2) is 0 Å². The zero-order valence-electron chi connectivity index (χ0n) is 15.6. The van der Waals surface area contributed by atoms with Gasteiger partial charge in [0.1, 0.15) is 12.4 Å². The van der Waals surface area contributed by atoms with Crippen LogP contribution in [0.4, 0.5) is 4.39 Å². The SMILES string of the molecule is O=C1CN=CN2CC(n3c4c(c5cc(F)ccc53)CN3CCC4CC3)=CC=C12. The molecule has 1 saturated heterocycles. The zero-order valence-corrected chi connectivity index (χ0v) is 15.6. The minimum atomic E-state index is -0.187. The van der Waals surface area contributed by atoms with Gasteiger partial charge in [-0.2, -0.15) is 0 Å². The molecule has 0 saturated carbocycles. The predicted octanol–water partition coefficient (Wildman–Crippen LogP) is 3.12. The third-order valence-corrected chi connectivity index (χ3v) is 6.53. The summed E-state index contributed by atoms with van der Waals surface area (Å²) in [6.45, 7) is 3.92. The van der Waals surface area contributed by atoms with Crippen molar-refractivity contribution in [2.75, 3.05) is 26.2 Å². The van der Waals surface area contributed by atoms with Crippen molar-refractivity contribution in [1.29, 1.82) is 0 Å². The Morgan fingerprint density at radius 2 is 1.96 bits per heavy atom. The van der Waals surface area contributed by atoms with Crippen LogP contribution in [0.1, 0.15) is 30.0 Å². The van der Waals surface area contributed by atoms with Gasteiger partial charge >= 0.3 is 0 Å². The average Bonchev–Trinajstić information content (AvgIpc) is 2.82. The highest BCUT2D eigenvalue weighted by molar-refractivity contribution is 6.02. The molecule has 1 aromatic heterocycles. The van der Waals surface area contributed by atoms with Crippen LogP contribution in [-0.2, 0) is 11.3 Å². The molecular formula is C22H21FN4O. The van der Waals surface area contributed by atoms with Gasteiger partial charge in [0.25, 0.3) is 0 Å². The van der Waals surface area contributed by atoms with E-state index in [0.717, 1.165) is 49.1 Å². The lowest BCUT2D eigenvalue weighted by Gasteiger charge is -2.31. The van der Waals surface area contributed by atoms with Crippen LogP contribution in [0, 0.1) is 5.82 Å². The molecule has 5 nitrogen and oxygen atoms in total. The lowest BCUT2D eigenvalue weighted by molar-refractivity contribution is -0.115. The average molecular weight is 376 g/mol. The molecule has 1 fully saturated rings. The van der Waals surface area contributed by atoms with E-state index in [0.29, 0.717) is 18.2 Å². The minimum Gasteiger partial charge on any atom is -0.324 e. The highest BCUT2D eigenvalue weighted by Crippen LogP contribution is 2.43. The van der Waals surface area contributed by atoms with Crippen LogP contribution in [0.2, 0.25) is 0 Å². The summed E-state index contributed by atoms with van der Waals surface area (Å²) in [5.41, 5.74) is 5.49.